The summed E-state index contributed by atoms with van der Waals surface area (Å²) in [4.78, 5) is 25.8. The molecule has 1 aromatic heterocycles. The van der Waals surface area contributed by atoms with Gasteiger partial charge in [0.15, 0.2) is 5.82 Å². The first-order valence-corrected chi connectivity index (χ1v) is 9.78. The van der Waals surface area contributed by atoms with E-state index in [2.05, 4.69) is 29.0 Å². The predicted octanol–water partition coefficient (Wildman–Crippen LogP) is 3.42. The lowest BCUT2D eigenvalue weighted by Crippen LogP contribution is -2.60. The van der Waals surface area contributed by atoms with Gasteiger partial charge in [-0.2, -0.15) is 4.98 Å². The SMILES string of the molecule is COc1cc(N)ccc1Nc1ncc2c(n1)N(CCC(C)C)C(C)(C)C(=O)N2C. The quantitative estimate of drug-likeness (QED) is 0.720. The highest BCUT2D eigenvalue weighted by Gasteiger charge is 2.44. The van der Waals surface area contributed by atoms with Gasteiger partial charge in [0, 0.05) is 25.3 Å². The van der Waals surface area contributed by atoms with Crippen LogP contribution in [-0.4, -0.2) is 42.1 Å². The van der Waals surface area contributed by atoms with Crippen LogP contribution in [0.15, 0.2) is 24.4 Å². The Morgan fingerprint density at radius 1 is 1.31 bits per heavy atom. The van der Waals surface area contributed by atoms with E-state index >= 15 is 0 Å². The van der Waals surface area contributed by atoms with E-state index < -0.39 is 5.54 Å². The van der Waals surface area contributed by atoms with Crippen molar-refractivity contribution in [2.24, 2.45) is 5.92 Å². The fraction of sp³-hybridized carbons (Fsp3) is 0.476. The second-order valence-corrected chi connectivity index (χ2v) is 8.24. The predicted molar refractivity (Wildman–Crippen MR) is 117 cm³/mol. The van der Waals surface area contributed by atoms with E-state index in [0.29, 0.717) is 29.0 Å². The average Bonchev–Trinajstić information content (AvgIpc) is 2.67. The maximum absolute atomic E-state index is 12.9. The van der Waals surface area contributed by atoms with Crippen LogP contribution in [0.25, 0.3) is 0 Å². The number of nitrogens with one attached hydrogen (secondary N) is 1. The number of nitrogen functional groups attached to an aromatic ring is 1. The second-order valence-electron chi connectivity index (χ2n) is 8.24. The molecule has 1 aromatic carbocycles. The van der Waals surface area contributed by atoms with Gasteiger partial charge in [-0.15, -0.1) is 0 Å². The zero-order valence-corrected chi connectivity index (χ0v) is 18.0. The number of likely N-dealkylation sites (N-methyl/N-ethyl adjacent to an activating group) is 1. The topological polar surface area (TPSA) is 96.6 Å². The van der Waals surface area contributed by atoms with Gasteiger partial charge in [-0.05, 0) is 38.3 Å². The van der Waals surface area contributed by atoms with Gasteiger partial charge in [0.2, 0.25) is 5.95 Å². The number of amides is 1. The number of carbonyl (C=O) groups is 1. The van der Waals surface area contributed by atoms with E-state index in [1.807, 2.05) is 19.9 Å². The highest BCUT2D eigenvalue weighted by atomic mass is 16.5. The number of benzene rings is 1. The van der Waals surface area contributed by atoms with Gasteiger partial charge in [0.25, 0.3) is 5.91 Å². The molecule has 2 heterocycles. The van der Waals surface area contributed by atoms with Gasteiger partial charge in [-0.25, -0.2) is 4.98 Å². The lowest BCUT2D eigenvalue weighted by molar-refractivity contribution is -0.122. The summed E-state index contributed by atoms with van der Waals surface area (Å²) in [7, 11) is 3.35. The minimum atomic E-state index is -0.693. The van der Waals surface area contributed by atoms with Crippen LogP contribution in [0.5, 0.6) is 5.75 Å². The van der Waals surface area contributed by atoms with Gasteiger partial charge in [0.05, 0.1) is 19.0 Å². The molecule has 0 unspecified atom stereocenters. The molecule has 1 aliphatic heterocycles. The average molecular weight is 399 g/mol. The molecule has 8 nitrogen and oxygen atoms in total. The molecule has 0 radical (unpaired) electrons. The Morgan fingerprint density at radius 3 is 2.69 bits per heavy atom. The van der Waals surface area contributed by atoms with E-state index in [-0.39, 0.29) is 5.91 Å². The van der Waals surface area contributed by atoms with Crippen molar-refractivity contribution >= 4 is 34.7 Å². The summed E-state index contributed by atoms with van der Waals surface area (Å²) >= 11 is 0. The van der Waals surface area contributed by atoms with E-state index in [4.69, 9.17) is 15.5 Å². The molecular weight excluding hydrogens is 368 g/mol. The fourth-order valence-electron chi connectivity index (χ4n) is 3.47. The largest absolute Gasteiger partial charge is 0.494 e. The minimum Gasteiger partial charge on any atom is -0.494 e. The Bertz CT molecular complexity index is 912. The Balaban J connectivity index is 2.01. The van der Waals surface area contributed by atoms with Gasteiger partial charge in [-0.3, -0.25) is 4.79 Å². The van der Waals surface area contributed by atoms with Crippen LogP contribution >= 0.6 is 0 Å². The Labute approximate surface area is 172 Å². The second kappa shape index (κ2) is 7.77. The number of fused-ring (bicyclic) bond motifs is 1. The normalized spacial score (nSPS) is 15.5. The molecule has 0 saturated carbocycles. The first-order valence-electron chi connectivity index (χ1n) is 9.78. The van der Waals surface area contributed by atoms with Crippen LogP contribution in [0.1, 0.15) is 34.1 Å². The van der Waals surface area contributed by atoms with Crippen LogP contribution in [0.3, 0.4) is 0 Å². The fourth-order valence-corrected chi connectivity index (χ4v) is 3.47. The number of nitrogens with zero attached hydrogens (tertiary/aromatic N) is 4. The van der Waals surface area contributed by atoms with Gasteiger partial charge >= 0.3 is 0 Å². The summed E-state index contributed by atoms with van der Waals surface area (Å²) in [6, 6.07) is 5.35. The summed E-state index contributed by atoms with van der Waals surface area (Å²) in [5, 5.41) is 3.21. The van der Waals surface area contributed by atoms with E-state index in [0.717, 1.165) is 24.5 Å². The van der Waals surface area contributed by atoms with Crippen LogP contribution in [0, 0.1) is 5.92 Å². The van der Waals surface area contributed by atoms with E-state index in [1.165, 1.54) is 0 Å². The van der Waals surface area contributed by atoms with Crippen LogP contribution in [0.2, 0.25) is 0 Å². The molecule has 0 aliphatic carbocycles. The third kappa shape index (κ3) is 3.92. The van der Waals surface area contributed by atoms with Gasteiger partial charge in [-0.1, -0.05) is 13.8 Å². The summed E-state index contributed by atoms with van der Waals surface area (Å²) in [5.41, 5.74) is 7.18. The standard InChI is InChI=1S/C21H30N6O2/c1-13(2)9-10-27-18-16(26(5)19(28)21(27,3)4)12-23-20(25-18)24-15-8-7-14(22)11-17(15)29-6/h7-8,11-13H,9-10,22H2,1-6H3,(H,23,24,25). The molecule has 8 heteroatoms. The van der Waals surface area contributed by atoms with Crippen molar-refractivity contribution in [1.29, 1.82) is 0 Å². The number of ether oxygens (including phenoxy) is 1. The number of carbonyl (C=O) groups excluding carboxylic acids is 1. The Kier molecular flexibility index (Phi) is 5.55. The Morgan fingerprint density at radius 2 is 2.03 bits per heavy atom. The highest BCUT2D eigenvalue weighted by Crippen LogP contribution is 2.39. The molecule has 2 aromatic rings. The molecular formula is C21H30N6O2. The number of aromatic nitrogens is 2. The van der Waals surface area contributed by atoms with Crippen LogP contribution in [0.4, 0.5) is 28.8 Å². The van der Waals surface area contributed by atoms with Gasteiger partial charge < -0.3 is 25.6 Å². The molecule has 0 bridgehead atoms. The van der Waals surface area contributed by atoms with E-state index in [1.54, 1.807) is 37.4 Å². The zero-order valence-electron chi connectivity index (χ0n) is 18.0. The molecule has 0 atom stereocenters. The maximum Gasteiger partial charge on any atom is 0.252 e. The summed E-state index contributed by atoms with van der Waals surface area (Å²) in [5.74, 6) is 2.32. The van der Waals surface area contributed by atoms with Crippen LogP contribution < -0.4 is 25.6 Å². The van der Waals surface area contributed by atoms with Crippen molar-refractivity contribution in [1.82, 2.24) is 9.97 Å². The number of methoxy groups -OCH3 is 1. The van der Waals surface area contributed by atoms with Crippen molar-refractivity contribution in [2.45, 2.75) is 39.7 Å². The third-order valence-corrected chi connectivity index (χ3v) is 5.27. The van der Waals surface area contributed by atoms with Crippen molar-refractivity contribution in [3.05, 3.63) is 24.4 Å². The minimum absolute atomic E-state index is 0.0262. The van der Waals surface area contributed by atoms with Crippen molar-refractivity contribution < 1.29 is 9.53 Å². The number of anilines is 5. The Hall–Kier alpha value is -3.03. The molecule has 0 saturated heterocycles. The molecule has 156 valence electrons. The third-order valence-electron chi connectivity index (χ3n) is 5.27. The first kappa shape index (κ1) is 20.7. The van der Waals surface area contributed by atoms with E-state index in [9.17, 15) is 4.79 Å². The number of hydrogen-bond acceptors (Lipinski definition) is 7. The zero-order chi connectivity index (χ0) is 21.3. The molecule has 0 spiro atoms. The van der Waals surface area contributed by atoms with Gasteiger partial charge in [0.1, 0.15) is 17.0 Å². The monoisotopic (exact) mass is 398 g/mol. The summed E-state index contributed by atoms with van der Waals surface area (Å²) < 4.78 is 5.40. The van der Waals surface area contributed by atoms with Crippen molar-refractivity contribution in [3.63, 3.8) is 0 Å². The van der Waals surface area contributed by atoms with Crippen molar-refractivity contribution in [3.8, 4) is 5.75 Å². The van der Waals surface area contributed by atoms with Crippen molar-refractivity contribution in [2.75, 3.05) is 41.6 Å². The molecule has 1 aliphatic rings. The molecule has 3 rings (SSSR count). The molecule has 3 N–H and O–H groups in total. The smallest absolute Gasteiger partial charge is 0.252 e. The molecule has 0 fully saturated rings. The molecule has 1 amide bonds. The number of hydrogen-bond donors (Lipinski definition) is 2. The first-order chi connectivity index (χ1) is 13.6. The molecule has 29 heavy (non-hydrogen) atoms. The summed E-state index contributed by atoms with van der Waals surface area (Å²) in [6.07, 6.45) is 2.64. The maximum atomic E-state index is 12.9. The highest BCUT2D eigenvalue weighted by molar-refractivity contribution is 6.06. The number of nitrogens with two attached hydrogens (primary N) is 1. The van der Waals surface area contributed by atoms with Crippen LogP contribution in [-0.2, 0) is 4.79 Å². The number of rotatable bonds is 6. The summed E-state index contributed by atoms with van der Waals surface area (Å²) in [6.45, 7) is 8.96. The lowest BCUT2D eigenvalue weighted by Gasteiger charge is -2.46. The lowest BCUT2D eigenvalue weighted by atomic mass is 9.96.